The molecule has 0 bridgehead atoms. The number of carbonyl (C=O) groups is 4. The molecule has 5 atom stereocenters. The number of amides is 4. The van der Waals surface area contributed by atoms with Crippen LogP contribution in [-0.2, 0) is 19.1 Å². The highest BCUT2D eigenvalue weighted by Crippen LogP contribution is 2.34. The lowest BCUT2D eigenvalue weighted by Crippen LogP contribution is -2.59. The van der Waals surface area contributed by atoms with Gasteiger partial charge in [0.15, 0.2) is 0 Å². The number of nitrogens with two attached hydrogens (primary N) is 1. The van der Waals surface area contributed by atoms with E-state index in [4.69, 9.17) is 10.5 Å². The molecule has 2 aliphatic heterocycles. The quantitative estimate of drug-likeness (QED) is 0.399. The van der Waals surface area contributed by atoms with E-state index in [0.717, 1.165) is 11.1 Å². The van der Waals surface area contributed by atoms with E-state index in [2.05, 4.69) is 10.6 Å². The first-order chi connectivity index (χ1) is 20.9. The van der Waals surface area contributed by atoms with Crippen LogP contribution < -0.4 is 16.4 Å². The number of rotatable bonds is 9. The largest absolute Gasteiger partial charge is 0.444 e. The van der Waals surface area contributed by atoms with Gasteiger partial charge in [0.2, 0.25) is 17.7 Å². The van der Waals surface area contributed by atoms with Crippen molar-refractivity contribution in [3.63, 3.8) is 0 Å². The third-order valence-electron chi connectivity index (χ3n) is 8.66. The molecule has 44 heavy (non-hydrogen) atoms. The lowest BCUT2D eigenvalue weighted by molar-refractivity contribution is -0.144. The highest BCUT2D eigenvalue weighted by Gasteiger charge is 2.48. The van der Waals surface area contributed by atoms with Gasteiger partial charge in [-0.25, -0.2) is 4.79 Å². The summed E-state index contributed by atoms with van der Waals surface area (Å²) >= 11 is 0. The summed E-state index contributed by atoms with van der Waals surface area (Å²) in [6, 6.07) is 16.6. The minimum Gasteiger partial charge on any atom is -0.444 e. The number of hydrogen-bond acceptors (Lipinski definition) is 6. The molecule has 0 aliphatic carbocycles. The molecule has 4 amide bonds. The molecular formula is C34H47N5O5. The standard InChI is InChI=1S/C34H47N5O5/c1-6-26(38(5)33(43)44-34(2,3)4)30(40)37-29-24(21-35)17-18-25-19-20-27(39(25)32(29)42)31(41)36-28(22-13-9-7-10-14-22)23-15-11-8-12-16-23/h7-16,24-29H,6,17-21,35H2,1-5H3,(H,36,41)(H,37,40)/t24-,25?,26+,27+,29+/m1/s1. The summed E-state index contributed by atoms with van der Waals surface area (Å²) in [5.74, 6) is -1.29. The Bertz CT molecular complexity index is 1260. The average Bonchev–Trinajstić information content (AvgIpc) is 3.38. The average molecular weight is 606 g/mol. The molecule has 4 rings (SSSR count). The van der Waals surface area contributed by atoms with Gasteiger partial charge in [-0.05, 0) is 70.5 Å². The lowest BCUT2D eigenvalue weighted by atomic mass is 9.93. The van der Waals surface area contributed by atoms with E-state index in [0.29, 0.717) is 32.1 Å². The zero-order valence-electron chi connectivity index (χ0n) is 26.5. The topological polar surface area (TPSA) is 134 Å². The summed E-state index contributed by atoms with van der Waals surface area (Å²) in [7, 11) is 1.52. The predicted octanol–water partition coefficient (Wildman–Crippen LogP) is 3.75. The molecule has 10 heteroatoms. The van der Waals surface area contributed by atoms with E-state index in [1.165, 1.54) is 11.9 Å². The number of benzene rings is 2. The first kappa shape index (κ1) is 33.0. The molecule has 0 spiro atoms. The monoisotopic (exact) mass is 605 g/mol. The van der Waals surface area contributed by atoms with Crippen LogP contribution in [0.2, 0.25) is 0 Å². The van der Waals surface area contributed by atoms with Crippen LogP contribution in [-0.4, -0.2) is 77.0 Å². The molecule has 0 aromatic heterocycles. The van der Waals surface area contributed by atoms with Crippen LogP contribution >= 0.6 is 0 Å². The number of nitrogens with one attached hydrogen (secondary N) is 2. The van der Waals surface area contributed by atoms with Crippen LogP contribution in [0.25, 0.3) is 0 Å². The van der Waals surface area contributed by atoms with Crippen LogP contribution in [0.5, 0.6) is 0 Å². The Labute approximate surface area is 260 Å². The van der Waals surface area contributed by atoms with Crippen molar-refractivity contribution in [3.8, 4) is 0 Å². The van der Waals surface area contributed by atoms with E-state index < -0.39 is 35.7 Å². The normalized spacial score (nSPS) is 22.5. The van der Waals surface area contributed by atoms with E-state index in [1.807, 2.05) is 60.7 Å². The zero-order valence-corrected chi connectivity index (χ0v) is 26.5. The van der Waals surface area contributed by atoms with Crippen molar-refractivity contribution in [2.75, 3.05) is 13.6 Å². The Morgan fingerprint density at radius 1 is 0.977 bits per heavy atom. The molecule has 2 aliphatic rings. The van der Waals surface area contributed by atoms with Gasteiger partial charge in [0.05, 0.1) is 6.04 Å². The fourth-order valence-electron chi connectivity index (χ4n) is 6.36. The second-order valence-corrected chi connectivity index (χ2v) is 12.8. The van der Waals surface area contributed by atoms with Crippen molar-refractivity contribution < 1.29 is 23.9 Å². The highest BCUT2D eigenvalue weighted by atomic mass is 16.6. The summed E-state index contributed by atoms with van der Waals surface area (Å²) in [5, 5.41) is 6.15. The molecule has 10 nitrogen and oxygen atoms in total. The van der Waals surface area contributed by atoms with Crippen molar-refractivity contribution >= 4 is 23.8 Å². The second-order valence-electron chi connectivity index (χ2n) is 12.8. The van der Waals surface area contributed by atoms with E-state index in [9.17, 15) is 19.2 Å². The molecule has 2 fully saturated rings. The van der Waals surface area contributed by atoms with Gasteiger partial charge in [0.1, 0.15) is 23.7 Å². The molecular weight excluding hydrogens is 558 g/mol. The van der Waals surface area contributed by atoms with Crippen molar-refractivity contribution in [3.05, 3.63) is 71.8 Å². The molecule has 2 heterocycles. The first-order valence-electron chi connectivity index (χ1n) is 15.6. The van der Waals surface area contributed by atoms with Gasteiger partial charge in [0, 0.05) is 19.0 Å². The summed E-state index contributed by atoms with van der Waals surface area (Å²) in [6.45, 7) is 7.29. The van der Waals surface area contributed by atoms with Crippen LogP contribution in [0.15, 0.2) is 60.7 Å². The minimum absolute atomic E-state index is 0.118. The summed E-state index contributed by atoms with van der Waals surface area (Å²) < 4.78 is 5.47. The number of fused-ring (bicyclic) bond motifs is 1. The Hall–Kier alpha value is -3.92. The maximum absolute atomic E-state index is 14.2. The van der Waals surface area contributed by atoms with Gasteiger partial charge < -0.3 is 26.0 Å². The summed E-state index contributed by atoms with van der Waals surface area (Å²) in [4.78, 5) is 57.5. The fraction of sp³-hybridized carbons (Fsp3) is 0.529. The summed E-state index contributed by atoms with van der Waals surface area (Å²) in [5.41, 5.74) is 7.30. The molecule has 2 aromatic rings. The lowest BCUT2D eigenvalue weighted by Gasteiger charge is -2.34. The van der Waals surface area contributed by atoms with Crippen LogP contribution in [0.4, 0.5) is 4.79 Å². The number of hydrogen-bond donors (Lipinski definition) is 3. The number of ether oxygens (including phenoxy) is 1. The molecule has 4 N–H and O–H groups in total. The van der Waals surface area contributed by atoms with Gasteiger partial charge in [-0.2, -0.15) is 0 Å². The number of nitrogens with zero attached hydrogens (tertiary/aromatic N) is 2. The molecule has 238 valence electrons. The SMILES string of the molecule is CC[C@@H](C(=O)N[C@@H]1C(=O)N2C(CC[C@@H]1CN)CC[C@H]2C(=O)NC(c1ccccc1)c1ccccc1)N(C)C(=O)OC(C)(C)C. The summed E-state index contributed by atoms with van der Waals surface area (Å²) in [6.07, 6.45) is 2.27. The van der Waals surface area contributed by atoms with Crippen molar-refractivity contribution in [2.24, 2.45) is 11.7 Å². The molecule has 0 radical (unpaired) electrons. The molecule has 0 saturated carbocycles. The van der Waals surface area contributed by atoms with E-state index >= 15 is 0 Å². The number of carbonyl (C=O) groups excluding carboxylic acids is 4. The Kier molecular flexibility index (Phi) is 10.7. The maximum Gasteiger partial charge on any atom is 0.410 e. The Morgan fingerprint density at radius 2 is 1.55 bits per heavy atom. The Balaban J connectivity index is 1.55. The maximum atomic E-state index is 14.2. The molecule has 2 aromatic carbocycles. The van der Waals surface area contributed by atoms with Gasteiger partial charge in [0.25, 0.3) is 0 Å². The van der Waals surface area contributed by atoms with Crippen molar-refractivity contribution in [2.45, 2.75) is 95.6 Å². The predicted molar refractivity (Wildman–Crippen MR) is 168 cm³/mol. The van der Waals surface area contributed by atoms with Crippen LogP contribution in [0.1, 0.15) is 77.0 Å². The number of likely N-dealkylation sites (N-methyl/N-ethyl adjacent to an activating group) is 1. The van der Waals surface area contributed by atoms with Gasteiger partial charge in [-0.1, -0.05) is 67.6 Å². The third-order valence-corrected chi connectivity index (χ3v) is 8.66. The van der Waals surface area contributed by atoms with Crippen LogP contribution in [0.3, 0.4) is 0 Å². The second kappa shape index (κ2) is 14.2. The van der Waals surface area contributed by atoms with Crippen LogP contribution in [0, 0.1) is 5.92 Å². The fourth-order valence-corrected chi connectivity index (χ4v) is 6.36. The van der Waals surface area contributed by atoms with E-state index in [1.54, 1.807) is 32.6 Å². The first-order valence-corrected chi connectivity index (χ1v) is 15.6. The van der Waals surface area contributed by atoms with Gasteiger partial charge in [-0.15, -0.1) is 0 Å². The smallest absolute Gasteiger partial charge is 0.410 e. The molecule has 1 unspecified atom stereocenters. The minimum atomic E-state index is -0.911. The van der Waals surface area contributed by atoms with E-state index in [-0.39, 0.29) is 36.4 Å². The highest BCUT2D eigenvalue weighted by molar-refractivity contribution is 5.95. The van der Waals surface area contributed by atoms with Crippen molar-refractivity contribution in [1.29, 1.82) is 0 Å². The van der Waals surface area contributed by atoms with Gasteiger partial charge in [-0.3, -0.25) is 19.3 Å². The zero-order chi connectivity index (χ0) is 32.0. The molecule has 2 saturated heterocycles. The Morgan fingerprint density at radius 3 is 2.07 bits per heavy atom. The van der Waals surface area contributed by atoms with Crippen molar-refractivity contribution in [1.82, 2.24) is 20.4 Å². The van der Waals surface area contributed by atoms with Gasteiger partial charge >= 0.3 is 6.09 Å². The third kappa shape index (κ3) is 7.59.